The highest BCUT2D eigenvalue weighted by Crippen LogP contribution is 2.28. The van der Waals surface area contributed by atoms with Gasteiger partial charge in [0.05, 0.1) is 26.2 Å². The molecule has 1 aromatic rings. The monoisotopic (exact) mass is 263 g/mol. The van der Waals surface area contributed by atoms with Gasteiger partial charge in [-0.2, -0.15) is 0 Å². The molecule has 1 saturated heterocycles. The fraction of sp³-hybridized carbons (Fsp3) is 0.533. The van der Waals surface area contributed by atoms with E-state index in [9.17, 15) is 4.79 Å². The Morgan fingerprint density at radius 1 is 1.16 bits per heavy atom. The molecule has 0 saturated carbocycles. The van der Waals surface area contributed by atoms with Gasteiger partial charge in [-0.05, 0) is 31.4 Å². The number of primary amides is 1. The number of rotatable bonds is 5. The third-order valence-corrected chi connectivity index (χ3v) is 3.95. The molecule has 1 aliphatic heterocycles. The van der Waals surface area contributed by atoms with Crippen LogP contribution in [0.3, 0.4) is 0 Å². The van der Waals surface area contributed by atoms with E-state index in [2.05, 4.69) is 30.3 Å². The van der Waals surface area contributed by atoms with Gasteiger partial charge in [-0.15, -0.1) is 0 Å². The quantitative estimate of drug-likeness (QED) is 0.656. The molecular weight excluding hydrogens is 240 g/mol. The van der Waals surface area contributed by atoms with Crippen LogP contribution in [0.2, 0.25) is 0 Å². The summed E-state index contributed by atoms with van der Waals surface area (Å²) in [6.45, 7) is 3.79. The van der Waals surface area contributed by atoms with E-state index >= 15 is 0 Å². The molecule has 4 nitrogen and oxygen atoms in total. The molecule has 1 aromatic carbocycles. The van der Waals surface area contributed by atoms with E-state index in [0.717, 1.165) is 17.4 Å². The first kappa shape index (κ1) is 13.9. The maximum Gasteiger partial charge on any atom is 0.404 e. The summed E-state index contributed by atoms with van der Waals surface area (Å²) < 4.78 is 5.86. The van der Waals surface area contributed by atoms with Crippen molar-refractivity contribution < 1.29 is 9.53 Å². The Bertz CT molecular complexity index is 400. The van der Waals surface area contributed by atoms with Crippen molar-refractivity contribution in [3.63, 3.8) is 0 Å². The Hall–Kier alpha value is -1.55. The molecular formula is C15H23N2O2+. The number of carbonyl (C=O) groups excluding carboxylic acids is 1. The van der Waals surface area contributed by atoms with Crippen LogP contribution in [-0.4, -0.2) is 32.3 Å². The lowest BCUT2D eigenvalue weighted by Crippen LogP contribution is -2.53. The summed E-state index contributed by atoms with van der Waals surface area (Å²) in [4.78, 5) is 10.6. The minimum atomic E-state index is -0.676. The Balaban J connectivity index is 2.01. The second-order valence-electron chi connectivity index (χ2n) is 5.23. The number of amides is 1. The molecule has 0 aliphatic carbocycles. The van der Waals surface area contributed by atoms with E-state index in [1.54, 1.807) is 0 Å². The van der Waals surface area contributed by atoms with Gasteiger partial charge >= 0.3 is 6.09 Å². The molecule has 104 valence electrons. The van der Waals surface area contributed by atoms with Gasteiger partial charge < -0.3 is 10.5 Å². The molecule has 19 heavy (non-hydrogen) atoms. The van der Waals surface area contributed by atoms with Crippen LogP contribution in [0.25, 0.3) is 0 Å². The highest BCUT2D eigenvalue weighted by atomic mass is 16.5. The minimum absolute atomic E-state index is 0.419. The van der Waals surface area contributed by atoms with Crippen LogP contribution in [-0.2, 0) is 4.74 Å². The summed E-state index contributed by atoms with van der Waals surface area (Å²) in [5.41, 5.74) is 6.37. The van der Waals surface area contributed by atoms with Crippen LogP contribution >= 0.6 is 0 Å². The molecule has 0 aromatic heterocycles. The van der Waals surface area contributed by atoms with Crippen LogP contribution in [0.5, 0.6) is 0 Å². The highest BCUT2D eigenvalue weighted by Gasteiger charge is 2.31. The van der Waals surface area contributed by atoms with Gasteiger partial charge in [0, 0.05) is 6.42 Å². The molecule has 0 unspecified atom stereocenters. The number of likely N-dealkylation sites (tertiary alicyclic amines) is 1. The summed E-state index contributed by atoms with van der Waals surface area (Å²) in [5.74, 6) is 0. The number of carbonyl (C=O) groups is 1. The van der Waals surface area contributed by atoms with E-state index in [-0.39, 0.29) is 0 Å². The molecule has 1 heterocycles. The number of para-hydroxylation sites is 1. The van der Waals surface area contributed by atoms with Crippen molar-refractivity contribution in [1.29, 1.82) is 0 Å². The average molecular weight is 263 g/mol. The van der Waals surface area contributed by atoms with E-state index < -0.39 is 6.09 Å². The van der Waals surface area contributed by atoms with Gasteiger partial charge in [0.15, 0.2) is 0 Å². The largest absolute Gasteiger partial charge is 0.449 e. The van der Waals surface area contributed by atoms with Gasteiger partial charge in [0.1, 0.15) is 5.69 Å². The third-order valence-electron chi connectivity index (χ3n) is 3.95. The molecule has 1 fully saturated rings. The van der Waals surface area contributed by atoms with Gasteiger partial charge in [-0.3, -0.25) is 4.48 Å². The lowest BCUT2D eigenvalue weighted by atomic mass is 10.0. The lowest BCUT2D eigenvalue weighted by Gasteiger charge is -2.41. The number of hydrogen-bond acceptors (Lipinski definition) is 2. The SMILES string of the molecule is NC(=O)OCCC[N+]1(c2ccccc2)CCCCC1. The standard InChI is InChI=1S/C15H22N2O2/c16-15(18)19-13-7-12-17(10-5-2-6-11-17)14-8-3-1-4-9-14/h1,3-4,8-9H,2,5-7,10-13H2,(H-,16,18)/p+1. The first-order chi connectivity index (χ1) is 9.23. The maximum absolute atomic E-state index is 10.6. The zero-order valence-electron chi connectivity index (χ0n) is 11.4. The zero-order chi connectivity index (χ0) is 13.6. The second kappa shape index (κ2) is 6.57. The Morgan fingerprint density at radius 3 is 2.47 bits per heavy atom. The number of benzene rings is 1. The van der Waals surface area contributed by atoms with Crippen molar-refractivity contribution in [3.8, 4) is 0 Å². The average Bonchev–Trinajstić information content (AvgIpc) is 2.45. The van der Waals surface area contributed by atoms with E-state index in [0.29, 0.717) is 6.61 Å². The van der Waals surface area contributed by atoms with Crippen molar-refractivity contribution in [1.82, 2.24) is 4.48 Å². The van der Waals surface area contributed by atoms with E-state index in [1.165, 1.54) is 38.0 Å². The zero-order valence-corrected chi connectivity index (χ0v) is 11.4. The van der Waals surface area contributed by atoms with E-state index in [4.69, 9.17) is 10.5 Å². The Kier molecular flexibility index (Phi) is 4.80. The maximum atomic E-state index is 10.6. The number of hydrogen-bond donors (Lipinski definition) is 1. The smallest absolute Gasteiger partial charge is 0.404 e. The summed E-state index contributed by atoms with van der Waals surface area (Å²) in [6.07, 6.45) is 4.05. The minimum Gasteiger partial charge on any atom is -0.449 e. The molecule has 1 aliphatic rings. The molecule has 0 spiro atoms. The first-order valence-electron chi connectivity index (χ1n) is 7.07. The van der Waals surface area contributed by atoms with Crippen molar-refractivity contribution in [2.24, 2.45) is 5.73 Å². The number of nitrogens with two attached hydrogens (primary N) is 1. The van der Waals surface area contributed by atoms with Crippen molar-refractivity contribution >= 4 is 11.8 Å². The summed E-state index contributed by atoms with van der Waals surface area (Å²) in [7, 11) is 0. The summed E-state index contributed by atoms with van der Waals surface area (Å²) >= 11 is 0. The highest BCUT2D eigenvalue weighted by molar-refractivity contribution is 5.64. The number of quaternary nitrogens is 1. The van der Waals surface area contributed by atoms with Crippen LogP contribution < -0.4 is 10.2 Å². The van der Waals surface area contributed by atoms with Gasteiger partial charge in [0.2, 0.25) is 0 Å². The number of nitrogens with zero attached hydrogens (tertiary/aromatic N) is 1. The molecule has 0 bridgehead atoms. The molecule has 4 heteroatoms. The fourth-order valence-electron chi connectivity index (χ4n) is 3.01. The number of piperidine rings is 1. The second-order valence-corrected chi connectivity index (χ2v) is 5.23. The summed E-state index contributed by atoms with van der Waals surface area (Å²) in [5, 5.41) is 0. The topological polar surface area (TPSA) is 52.3 Å². The fourth-order valence-corrected chi connectivity index (χ4v) is 3.01. The van der Waals surface area contributed by atoms with Gasteiger partial charge in [0.25, 0.3) is 0 Å². The van der Waals surface area contributed by atoms with Crippen LogP contribution in [0.4, 0.5) is 10.5 Å². The number of ether oxygens (including phenoxy) is 1. The van der Waals surface area contributed by atoms with Crippen LogP contribution in [0.1, 0.15) is 25.7 Å². The normalized spacial score (nSPS) is 17.9. The Morgan fingerprint density at radius 2 is 1.84 bits per heavy atom. The van der Waals surface area contributed by atoms with Gasteiger partial charge in [-0.1, -0.05) is 18.2 Å². The predicted molar refractivity (Wildman–Crippen MR) is 76.8 cm³/mol. The third kappa shape index (κ3) is 3.70. The summed E-state index contributed by atoms with van der Waals surface area (Å²) in [6, 6.07) is 10.7. The molecule has 0 radical (unpaired) electrons. The van der Waals surface area contributed by atoms with Gasteiger partial charge in [-0.25, -0.2) is 4.79 Å². The Labute approximate surface area is 114 Å². The predicted octanol–water partition coefficient (Wildman–Crippen LogP) is 2.66. The van der Waals surface area contributed by atoms with Crippen molar-refractivity contribution in [2.45, 2.75) is 25.7 Å². The van der Waals surface area contributed by atoms with E-state index in [1.807, 2.05) is 0 Å². The first-order valence-corrected chi connectivity index (χ1v) is 7.07. The molecule has 0 atom stereocenters. The van der Waals surface area contributed by atoms with Crippen LogP contribution in [0, 0.1) is 0 Å². The molecule has 2 N–H and O–H groups in total. The van der Waals surface area contributed by atoms with Crippen molar-refractivity contribution in [2.75, 3.05) is 26.2 Å². The van der Waals surface area contributed by atoms with Crippen molar-refractivity contribution in [3.05, 3.63) is 30.3 Å². The van der Waals surface area contributed by atoms with Crippen LogP contribution in [0.15, 0.2) is 30.3 Å². The lowest BCUT2D eigenvalue weighted by molar-refractivity contribution is 0.144. The molecule has 2 rings (SSSR count). The molecule has 1 amide bonds.